The monoisotopic (exact) mass is 265 g/mol. The Hall–Kier alpha value is -1.62. The Morgan fingerprint density at radius 3 is 2.78 bits per heavy atom. The van der Waals surface area contributed by atoms with Crippen molar-refractivity contribution in [1.29, 1.82) is 0 Å². The molecule has 18 heavy (non-hydrogen) atoms. The first kappa shape index (κ1) is 12.8. The van der Waals surface area contributed by atoms with E-state index in [-0.39, 0.29) is 0 Å². The molecule has 0 spiro atoms. The highest BCUT2D eigenvalue weighted by atomic mass is 35.5. The Labute approximate surface area is 111 Å². The van der Waals surface area contributed by atoms with Crippen LogP contribution in [0.1, 0.15) is 25.8 Å². The third-order valence-corrected chi connectivity index (χ3v) is 2.78. The van der Waals surface area contributed by atoms with Crippen molar-refractivity contribution in [3.63, 3.8) is 0 Å². The van der Waals surface area contributed by atoms with Gasteiger partial charge in [-0.05, 0) is 12.8 Å². The lowest BCUT2D eigenvalue weighted by Crippen LogP contribution is -2.10. The molecule has 2 rings (SSSR count). The van der Waals surface area contributed by atoms with Gasteiger partial charge in [0.1, 0.15) is 12.1 Å². The molecule has 0 saturated carbocycles. The molecule has 6 heteroatoms. The fraction of sp³-hybridized carbons (Fsp3) is 0.417. The van der Waals surface area contributed by atoms with E-state index >= 15 is 0 Å². The van der Waals surface area contributed by atoms with Crippen molar-refractivity contribution in [2.75, 3.05) is 11.9 Å². The maximum atomic E-state index is 5.89. The fourth-order valence-corrected chi connectivity index (χ4v) is 1.87. The van der Waals surface area contributed by atoms with Crippen LogP contribution in [-0.4, -0.2) is 26.3 Å². The summed E-state index contributed by atoms with van der Waals surface area (Å²) >= 11 is 5.89. The van der Waals surface area contributed by atoms with E-state index in [1.165, 1.54) is 0 Å². The van der Waals surface area contributed by atoms with E-state index in [4.69, 9.17) is 11.6 Å². The van der Waals surface area contributed by atoms with Gasteiger partial charge in [-0.15, -0.1) is 0 Å². The number of aromatic nitrogens is 4. The predicted molar refractivity (Wildman–Crippen MR) is 72.3 cm³/mol. The zero-order chi connectivity index (χ0) is 13.0. The summed E-state index contributed by atoms with van der Waals surface area (Å²) in [6.07, 6.45) is 6.77. The minimum atomic E-state index is 0.596. The Morgan fingerprint density at radius 1 is 1.33 bits per heavy atom. The van der Waals surface area contributed by atoms with Gasteiger partial charge in [0.15, 0.2) is 5.82 Å². The van der Waals surface area contributed by atoms with E-state index in [2.05, 4.69) is 34.2 Å². The highest BCUT2D eigenvalue weighted by molar-refractivity contribution is 6.30. The molecule has 0 bridgehead atoms. The second kappa shape index (κ2) is 5.82. The molecule has 5 nitrogen and oxygen atoms in total. The smallest absolute Gasteiger partial charge is 0.162 e. The molecule has 0 aliphatic heterocycles. The quantitative estimate of drug-likeness (QED) is 0.903. The van der Waals surface area contributed by atoms with Gasteiger partial charge < -0.3 is 5.32 Å². The molecule has 2 heterocycles. The lowest BCUT2D eigenvalue weighted by Gasteiger charge is -2.12. The van der Waals surface area contributed by atoms with Crippen LogP contribution in [0.5, 0.6) is 0 Å². The molecule has 0 saturated heterocycles. The first-order chi connectivity index (χ1) is 8.76. The third-order valence-electron chi connectivity index (χ3n) is 2.59. The maximum absolute atomic E-state index is 5.89. The van der Waals surface area contributed by atoms with Gasteiger partial charge in [-0.1, -0.05) is 25.4 Å². The van der Waals surface area contributed by atoms with Crippen LogP contribution in [0.2, 0.25) is 5.02 Å². The minimum absolute atomic E-state index is 0.596. The van der Waals surface area contributed by atoms with Crippen molar-refractivity contribution >= 4 is 17.4 Å². The fourth-order valence-electron chi connectivity index (χ4n) is 1.74. The van der Waals surface area contributed by atoms with E-state index in [0.29, 0.717) is 5.02 Å². The molecule has 0 unspecified atom stereocenters. The van der Waals surface area contributed by atoms with E-state index in [1.807, 2.05) is 0 Å². The summed E-state index contributed by atoms with van der Waals surface area (Å²) in [6.45, 7) is 5.09. The van der Waals surface area contributed by atoms with Crippen LogP contribution >= 0.6 is 11.6 Å². The van der Waals surface area contributed by atoms with Crippen molar-refractivity contribution in [3.8, 4) is 5.82 Å². The lowest BCUT2D eigenvalue weighted by atomic mass is 10.2. The number of nitrogens with zero attached hydrogens (tertiary/aromatic N) is 4. The summed E-state index contributed by atoms with van der Waals surface area (Å²) in [5.74, 6) is 1.65. The minimum Gasteiger partial charge on any atom is -0.370 e. The predicted octanol–water partition coefficient (Wildman–Crippen LogP) is 2.70. The van der Waals surface area contributed by atoms with Crippen LogP contribution in [0, 0.1) is 0 Å². The van der Waals surface area contributed by atoms with Gasteiger partial charge in [0.2, 0.25) is 0 Å². The van der Waals surface area contributed by atoms with Crippen molar-refractivity contribution < 1.29 is 0 Å². The Kier molecular flexibility index (Phi) is 4.15. The van der Waals surface area contributed by atoms with Crippen molar-refractivity contribution in [2.24, 2.45) is 0 Å². The normalized spacial score (nSPS) is 10.6. The summed E-state index contributed by atoms with van der Waals surface area (Å²) in [5.41, 5.74) is 1.05. The molecule has 0 aromatic carbocycles. The topological polar surface area (TPSA) is 55.6 Å². The number of hydrogen-bond acceptors (Lipinski definition) is 4. The molecule has 0 radical (unpaired) electrons. The number of hydrogen-bond donors (Lipinski definition) is 1. The molecular weight excluding hydrogens is 250 g/mol. The van der Waals surface area contributed by atoms with Crippen LogP contribution in [-0.2, 0) is 6.42 Å². The van der Waals surface area contributed by atoms with Gasteiger partial charge in [0.05, 0.1) is 17.4 Å². The number of nitrogens with one attached hydrogen (secondary N) is 1. The summed E-state index contributed by atoms with van der Waals surface area (Å²) in [5, 5.41) is 8.08. The van der Waals surface area contributed by atoms with Gasteiger partial charge in [-0.3, -0.25) is 0 Å². The SMILES string of the molecule is CCCNc1ncnc(-n2cc(Cl)cn2)c1CC. The van der Waals surface area contributed by atoms with Crippen molar-refractivity contribution in [2.45, 2.75) is 26.7 Å². The van der Waals surface area contributed by atoms with Crippen LogP contribution in [0.25, 0.3) is 5.82 Å². The van der Waals surface area contributed by atoms with Crippen LogP contribution in [0.4, 0.5) is 5.82 Å². The Bertz CT molecular complexity index is 523. The van der Waals surface area contributed by atoms with Crippen molar-refractivity contribution in [3.05, 3.63) is 29.3 Å². The first-order valence-corrected chi connectivity index (χ1v) is 6.42. The number of halogens is 1. The zero-order valence-electron chi connectivity index (χ0n) is 10.5. The van der Waals surface area contributed by atoms with Crippen LogP contribution < -0.4 is 5.32 Å². The second-order valence-corrected chi connectivity index (χ2v) is 4.34. The largest absolute Gasteiger partial charge is 0.370 e. The summed E-state index contributed by atoms with van der Waals surface area (Å²) < 4.78 is 1.68. The van der Waals surface area contributed by atoms with E-state index in [0.717, 1.165) is 36.6 Å². The number of anilines is 1. The second-order valence-electron chi connectivity index (χ2n) is 3.91. The first-order valence-electron chi connectivity index (χ1n) is 6.04. The van der Waals surface area contributed by atoms with E-state index in [9.17, 15) is 0 Å². The molecule has 2 aromatic heterocycles. The standard InChI is InChI=1S/C12H16ClN5/c1-3-5-14-11-10(4-2)12(16-8-15-11)18-7-9(13)6-17-18/h6-8H,3-5H2,1-2H3,(H,14,15,16). The van der Waals surface area contributed by atoms with Crippen LogP contribution in [0.3, 0.4) is 0 Å². The summed E-state index contributed by atoms with van der Waals surface area (Å²) in [6, 6.07) is 0. The lowest BCUT2D eigenvalue weighted by molar-refractivity contribution is 0.816. The summed E-state index contributed by atoms with van der Waals surface area (Å²) in [4.78, 5) is 8.58. The van der Waals surface area contributed by atoms with Gasteiger partial charge in [-0.25, -0.2) is 14.6 Å². The number of rotatable bonds is 5. The molecule has 0 amide bonds. The van der Waals surface area contributed by atoms with Crippen molar-refractivity contribution in [1.82, 2.24) is 19.7 Å². The maximum Gasteiger partial charge on any atom is 0.162 e. The van der Waals surface area contributed by atoms with Gasteiger partial charge in [0.25, 0.3) is 0 Å². The molecular formula is C12H16ClN5. The molecule has 0 aliphatic rings. The Morgan fingerprint density at radius 2 is 2.17 bits per heavy atom. The van der Waals surface area contributed by atoms with Gasteiger partial charge >= 0.3 is 0 Å². The van der Waals surface area contributed by atoms with E-state index in [1.54, 1.807) is 23.4 Å². The molecule has 0 atom stereocenters. The summed E-state index contributed by atoms with van der Waals surface area (Å²) in [7, 11) is 0. The molecule has 96 valence electrons. The zero-order valence-corrected chi connectivity index (χ0v) is 11.3. The van der Waals surface area contributed by atoms with E-state index < -0.39 is 0 Å². The Balaban J connectivity index is 2.41. The highest BCUT2D eigenvalue weighted by Gasteiger charge is 2.11. The molecule has 2 aromatic rings. The average molecular weight is 266 g/mol. The van der Waals surface area contributed by atoms with Crippen LogP contribution in [0.15, 0.2) is 18.7 Å². The van der Waals surface area contributed by atoms with Gasteiger partial charge in [0, 0.05) is 12.1 Å². The van der Waals surface area contributed by atoms with Gasteiger partial charge in [-0.2, -0.15) is 5.10 Å². The third kappa shape index (κ3) is 2.61. The molecule has 0 fully saturated rings. The highest BCUT2D eigenvalue weighted by Crippen LogP contribution is 2.20. The molecule has 0 aliphatic carbocycles. The molecule has 1 N–H and O–H groups in total. The average Bonchev–Trinajstić information content (AvgIpc) is 2.82.